The Labute approximate surface area is 156 Å². The number of hydrogen-bond donors (Lipinski definition) is 5. The molecule has 27 heavy (non-hydrogen) atoms. The Bertz CT molecular complexity index is 700. The average molecular weight is 382 g/mol. The van der Waals surface area contributed by atoms with E-state index >= 15 is 0 Å². The first-order valence-corrected chi connectivity index (χ1v) is 9.30. The maximum absolute atomic E-state index is 9.82. The van der Waals surface area contributed by atoms with Gasteiger partial charge in [-0.2, -0.15) is 0 Å². The fourth-order valence-electron chi connectivity index (χ4n) is 6.08. The van der Waals surface area contributed by atoms with Crippen molar-refractivity contribution in [2.45, 2.75) is 57.2 Å². The molecule has 2 saturated carbocycles. The Hall–Kier alpha value is -1.30. The van der Waals surface area contributed by atoms with Crippen molar-refractivity contribution in [3.63, 3.8) is 0 Å². The van der Waals surface area contributed by atoms with Crippen LogP contribution < -0.4 is 0 Å². The molecular formula is C18H26N2O7. The normalized spacial score (nSPS) is 38.0. The molecule has 0 bridgehead atoms. The molecule has 2 fully saturated rings. The highest BCUT2D eigenvalue weighted by atomic mass is 17.1. The maximum atomic E-state index is 9.82. The first kappa shape index (κ1) is 19.0. The lowest BCUT2D eigenvalue weighted by Crippen LogP contribution is -2.52. The third-order valence-corrected chi connectivity index (χ3v) is 7.03. The molecule has 5 N–H and O–H groups in total. The second kappa shape index (κ2) is 6.94. The predicted molar refractivity (Wildman–Crippen MR) is 88.7 cm³/mol. The third-order valence-electron chi connectivity index (χ3n) is 7.03. The van der Waals surface area contributed by atoms with Gasteiger partial charge in [0.15, 0.2) is 0 Å². The summed E-state index contributed by atoms with van der Waals surface area (Å²) in [5, 5.41) is 46.3. The Morgan fingerprint density at radius 3 is 2.48 bits per heavy atom. The van der Waals surface area contributed by atoms with E-state index in [-0.39, 0.29) is 34.3 Å². The van der Waals surface area contributed by atoms with Crippen LogP contribution in [0.3, 0.4) is 0 Å². The van der Waals surface area contributed by atoms with Crippen LogP contribution in [0.1, 0.15) is 49.7 Å². The van der Waals surface area contributed by atoms with Crippen LogP contribution in [0.2, 0.25) is 0 Å². The topological polar surface area (TPSA) is 126 Å². The molecule has 0 spiro atoms. The molecular weight excluding hydrogens is 356 g/mol. The zero-order valence-electron chi connectivity index (χ0n) is 15.1. The predicted octanol–water partition coefficient (Wildman–Crippen LogP) is 2.62. The van der Waals surface area contributed by atoms with E-state index < -0.39 is 17.6 Å². The molecule has 3 aliphatic rings. The SMILES string of the molecule is CC12C[C@H](ON(O)O)C3c4ccc(O)cc4CCC3C1CC[C@@H]2ON(O)O. The Morgan fingerprint density at radius 1 is 1.04 bits per heavy atom. The van der Waals surface area contributed by atoms with Crippen LogP contribution in [0.4, 0.5) is 0 Å². The minimum atomic E-state index is -0.523. The monoisotopic (exact) mass is 382 g/mol. The number of aryl methyl sites for hydroxylation is 1. The summed E-state index contributed by atoms with van der Waals surface area (Å²) in [4.78, 5) is 10.6. The van der Waals surface area contributed by atoms with Crippen molar-refractivity contribution in [3.05, 3.63) is 29.3 Å². The first-order valence-electron chi connectivity index (χ1n) is 9.30. The molecule has 9 heteroatoms. The van der Waals surface area contributed by atoms with Crippen molar-refractivity contribution in [3.8, 4) is 5.75 Å². The fraction of sp³-hybridized carbons (Fsp3) is 0.667. The van der Waals surface area contributed by atoms with Crippen molar-refractivity contribution in [1.82, 2.24) is 10.8 Å². The second-order valence-corrected chi connectivity index (χ2v) is 8.25. The summed E-state index contributed by atoms with van der Waals surface area (Å²) in [7, 11) is 0. The van der Waals surface area contributed by atoms with Crippen LogP contribution in [-0.4, -0.2) is 48.9 Å². The van der Waals surface area contributed by atoms with E-state index in [1.165, 1.54) is 0 Å². The van der Waals surface area contributed by atoms with Gasteiger partial charge >= 0.3 is 0 Å². The highest BCUT2D eigenvalue weighted by Gasteiger charge is 2.59. The molecule has 0 amide bonds. The van der Waals surface area contributed by atoms with E-state index in [1.54, 1.807) is 12.1 Å². The van der Waals surface area contributed by atoms with E-state index in [4.69, 9.17) is 20.1 Å². The molecule has 3 aliphatic carbocycles. The molecule has 0 saturated heterocycles. The largest absolute Gasteiger partial charge is 0.508 e. The van der Waals surface area contributed by atoms with E-state index in [0.29, 0.717) is 12.8 Å². The summed E-state index contributed by atoms with van der Waals surface area (Å²) in [5.41, 5.74) is 1.71. The van der Waals surface area contributed by atoms with Gasteiger partial charge in [0.25, 0.3) is 0 Å². The molecule has 0 radical (unpaired) electrons. The fourth-order valence-corrected chi connectivity index (χ4v) is 6.08. The molecule has 0 heterocycles. The molecule has 4 unspecified atom stereocenters. The summed E-state index contributed by atoms with van der Waals surface area (Å²) >= 11 is 0. The van der Waals surface area contributed by atoms with Gasteiger partial charge in [0.1, 0.15) is 5.75 Å². The van der Waals surface area contributed by atoms with Crippen LogP contribution in [0.15, 0.2) is 18.2 Å². The molecule has 1 aromatic rings. The van der Waals surface area contributed by atoms with Gasteiger partial charge in [0, 0.05) is 11.3 Å². The number of phenolic OH excluding ortho intramolecular Hbond substituents is 1. The van der Waals surface area contributed by atoms with Crippen LogP contribution in [0.25, 0.3) is 0 Å². The van der Waals surface area contributed by atoms with Crippen LogP contribution in [-0.2, 0) is 16.1 Å². The Kier molecular flexibility index (Phi) is 4.90. The van der Waals surface area contributed by atoms with Crippen LogP contribution >= 0.6 is 0 Å². The maximum Gasteiger partial charge on any atom is 0.115 e. The Balaban J connectivity index is 1.72. The highest BCUT2D eigenvalue weighted by Crippen LogP contribution is 2.62. The van der Waals surface area contributed by atoms with Crippen molar-refractivity contribution < 1.29 is 35.6 Å². The lowest BCUT2D eigenvalue weighted by Gasteiger charge is -2.53. The summed E-state index contributed by atoms with van der Waals surface area (Å²) in [6.07, 6.45) is 2.81. The van der Waals surface area contributed by atoms with Gasteiger partial charge in [-0.25, -0.2) is 9.68 Å². The Morgan fingerprint density at radius 2 is 1.78 bits per heavy atom. The van der Waals surface area contributed by atoms with E-state index in [2.05, 4.69) is 0 Å². The smallest absolute Gasteiger partial charge is 0.115 e. The molecule has 150 valence electrons. The van der Waals surface area contributed by atoms with Gasteiger partial charge < -0.3 is 5.11 Å². The second-order valence-electron chi connectivity index (χ2n) is 8.25. The molecule has 4 rings (SSSR count). The number of aromatic hydroxyl groups is 1. The number of fused-ring (bicyclic) bond motifs is 5. The minimum Gasteiger partial charge on any atom is -0.508 e. The van der Waals surface area contributed by atoms with Crippen LogP contribution in [0, 0.1) is 17.3 Å². The molecule has 6 atom stereocenters. The van der Waals surface area contributed by atoms with Gasteiger partial charge in [0.05, 0.1) is 23.0 Å². The molecule has 0 aliphatic heterocycles. The molecule has 0 aromatic heterocycles. The quantitative estimate of drug-likeness (QED) is 0.499. The van der Waals surface area contributed by atoms with Gasteiger partial charge in [0.2, 0.25) is 0 Å². The van der Waals surface area contributed by atoms with Gasteiger partial charge in [-0.1, -0.05) is 13.0 Å². The van der Waals surface area contributed by atoms with Crippen molar-refractivity contribution >= 4 is 0 Å². The first-order chi connectivity index (χ1) is 12.8. The van der Waals surface area contributed by atoms with Gasteiger partial charge in [-0.15, -0.1) is 0 Å². The van der Waals surface area contributed by atoms with Crippen molar-refractivity contribution in [2.24, 2.45) is 17.3 Å². The van der Waals surface area contributed by atoms with Gasteiger partial charge in [-0.3, -0.25) is 20.8 Å². The third kappa shape index (κ3) is 3.24. The standard InChI is InChI=1S/C18H26N2O7/c1-18-9-15(26-19(22)23)17-12-5-3-11(21)8-10(12)2-4-13(17)14(18)6-7-16(18)27-20(24)25/h3,5,8,13-17,21-25H,2,4,6-7,9H2,1H3/t13?,14?,15-,16-,17?,18?/m0/s1. The molecule has 9 nitrogen and oxygen atoms in total. The summed E-state index contributed by atoms with van der Waals surface area (Å²) < 4.78 is 0. The number of hydrogen-bond acceptors (Lipinski definition) is 9. The summed E-state index contributed by atoms with van der Waals surface area (Å²) in [6.45, 7) is 2.04. The number of nitrogens with zero attached hydrogens (tertiary/aromatic N) is 2. The van der Waals surface area contributed by atoms with E-state index in [1.807, 2.05) is 13.0 Å². The highest BCUT2D eigenvalue weighted by molar-refractivity contribution is 5.41. The zero-order valence-corrected chi connectivity index (χ0v) is 15.1. The number of benzene rings is 1. The number of rotatable bonds is 4. The zero-order chi connectivity index (χ0) is 19.3. The summed E-state index contributed by atoms with van der Waals surface area (Å²) in [6, 6.07) is 5.31. The lowest BCUT2D eigenvalue weighted by molar-refractivity contribution is -0.519. The van der Waals surface area contributed by atoms with E-state index in [9.17, 15) is 15.5 Å². The lowest BCUT2D eigenvalue weighted by atomic mass is 9.54. The number of phenols is 1. The van der Waals surface area contributed by atoms with E-state index in [0.717, 1.165) is 30.4 Å². The van der Waals surface area contributed by atoms with Crippen LogP contribution in [0.5, 0.6) is 5.75 Å². The van der Waals surface area contributed by atoms with Crippen molar-refractivity contribution in [1.29, 1.82) is 0 Å². The average Bonchev–Trinajstić information content (AvgIpc) is 2.89. The minimum absolute atomic E-state index is 0.0488. The molecule has 1 aromatic carbocycles. The summed E-state index contributed by atoms with van der Waals surface area (Å²) in [5.74, 6) is 0.675. The van der Waals surface area contributed by atoms with Gasteiger partial charge in [-0.05, 0) is 67.2 Å². The van der Waals surface area contributed by atoms with Crippen molar-refractivity contribution in [2.75, 3.05) is 0 Å².